The molecule has 0 aromatic rings. The number of sulfonamides is 1. The number of allylic oxidation sites excluding steroid dienone is 5. The molecule has 3 aliphatic rings. The molecule has 4 heteroatoms. The lowest BCUT2D eigenvalue weighted by atomic mass is 9.85. The van der Waals surface area contributed by atoms with Gasteiger partial charge in [-0.1, -0.05) is 36.4 Å². The van der Waals surface area contributed by atoms with E-state index in [4.69, 9.17) is 0 Å². The fourth-order valence-corrected chi connectivity index (χ4v) is 3.97. The van der Waals surface area contributed by atoms with Gasteiger partial charge >= 0.3 is 0 Å². The monoisotopic (exact) mass is 234 g/mol. The van der Waals surface area contributed by atoms with Gasteiger partial charge in [0.05, 0.1) is 10.0 Å². The van der Waals surface area contributed by atoms with E-state index in [2.05, 4.69) is 4.72 Å². The van der Waals surface area contributed by atoms with Crippen LogP contribution in [-0.4, -0.2) is 14.5 Å². The molecule has 0 spiro atoms. The van der Waals surface area contributed by atoms with E-state index in [1.165, 1.54) is 0 Å². The molecule has 0 bridgehead atoms. The molecule has 0 amide bonds. The second kappa shape index (κ2) is 3.43. The van der Waals surface area contributed by atoms with Crippen LogP contribution in [0, 0.1) is 5.92 Å². The molecule has 0 N–H and O–H groups in total. The molecule has 0 radical (unpaired) electrons. The molecule has 3 rings (SSSR count). The lowest BCUT2D eigenvalue weighted by molar-refractivity contribution is 0.589. The van der Waals surface area contributed by atoms with Crippen LogP contribution in [0.25, 0.3) is 4.72 Å². The van der Waals surface area contributed by atoms with Crippen LogP contribution in [0.4, 0.5) is 0 Å². The molecule has 0 saturated heterocycles. The highest BCUT2D eigenvalue weighted by molar-refractivity contribution is 7.97. The minimum absolute atomic E-state index is 0.111. The molecule has 0 saturated carbocycles. The highest BCUT2D eigenvalue weighted by atomic mass is 32.2. The van der Waals surface area contributed by atoms with Gasteiger partial charge in [-0.05, 0) is 24.3 Å². The molecule has 0 aromatic carbocycles. The van der Waals surface area contributed by atoms with Crippen LogP contribution in [0.5, 0.6) is 0 Å². The van der Waals surface area contributed by atoms with Crippen molar-refractivity contribution < 1.29 is 8.42 Å². The van der Waals surface area contributed by atoms with Crippen LogP contribution in [-0.2, 0) is 10.0 Å². The predicted molar refractivity (Wildman–Crippen MR) is 63.2 cm³/mol. The maximum atomic E-state index is 12.0. The number of hydrogen-bond acceptors (Lipinski definition) is 2. The van der Waals surface area contributed by atoms with Gasteiger partial charge in [-0.15, -0.1) is 6.08 Å². The van der Waals surface area contributed by atoms with Crippen molar-refractivity contribution >= 4 is 10.0 Å². The third kappa shape index (κ3) is 1.41. The van der Waals surface area contributed by atoms with Crippen molar-refractivity contribution in [3.8, 4) is 0 Å². The average Bonchev–Trinajstić information content (AvgIpc) is 2.29. The first-order valence-corrected chi connectivity index (χ1v) is 6.84. The fraction of sp³-hybridized carbons (Fsp3) is 0.333. The molecule has 84 valence electrons. The maximum absolute atomic E-state index is 12.0. The van der Waals surface area contributed by atoms with Gasteiger partial charge in [0.2, 0.25) is 0 Å². The Labute approximate surface area is 95.3 Å². The zero-order valence-corrected chi connectivity index (χ0v) is 9.52. The van der Waals surface area contributed by atoms with Crippen molar-refractivity contribution in [3.05, 3.63) is 51.7 Å². The second-order valence-electron chi connectivity index (χ2n) is 4.19. The lowest BCUT2D eigenvalue weighted by Crippen LogP contribution is -2.30. The molecule has 2 unspecified atom stereocenters. The largest absolute Gasteiger partial charge is 0.538 e. The zero-order chi connectivity index (χ0) is 11.2. The highest BCUT2D eigenvalue weighted by Gasteiger charge is 2.29. The van der Waals surface area contributed by atoms with E-state index in [1.807, 2.05) is 36.5 Å². The van der Waals surface area contributed by atoms with Crippen molar-refractivity contribution in [2.75, 3.05) is 0 Å². The van der Waals surface area contributed by atoms with Crippen LogP contribution >= 0.6 is 0 Å². The van der Waals surface area contributed by atoms with E-state index in [-0.39, 0.29) is 12.0 Å². The molecule has 0 fully saturated rings. The molecular weight excluding hydrogens is 222 g/mol. The molecule has 2 atom stereocenters. The topological polar surface area (TPSA) is 48.2 Å². The van der Waals surface area contributed by atoms with E-state index in [1.54, 1.807) is 0 Å². The molecule has 2 aliphatic carbocycles. The summed E-state index contributed by atoms with van der Waals surface area (Å²) < 4.78 is 27.9. The Hall–Kier alpha value is -1.13. The maximum Gasteiger partial charge on any atom is 0.0977 e. The smallest absolute Gasteiger partial charge is 0.0977 e. The lowest BCUT2D eigenvalue weighted by Gasteiger charge is -2.43. The van der Waals surface area contributed by atoms with E-state index >= 15 is 0 Å². The molecule has 0 aromatic heterocycles. The zero-order valence-electron chi connectivity index (χ0n) is 8.70. The summed E-state index contributed by atoms with van der Waals surface area (Å²) in [6.07, 6.45) is 13.1. The van der Waals surface area contributed by atoms with E-state index < -0.39 is 10.0 Å². The minimum Gasteiger partial charge on any atom is -0.538 e. The normalized spacial score (nSPS) is 34.8. The van der Waals surface area contributed by atoms with E-state index in [9.17, 15) is 8.42 Å². The second-order valence-corrected chi connectivity index (χ2v) is 5.84. The molecule has 1 aliphatic heterocycles. The van der Waals surface area contributed by atoms with Gasteiger partial charge in [0.25, 0.3) is 0 Å². The van der Waals surface area contributed by atoms with Crippen molar-refractivity contribution in [1.82, 2.24) is 0 Å². The van der Waals surface area contributed by atoms with Gasteiger partial charge in [0.1, 0.15) is 0 Å². The van der Waals surface area contributed by atoms with Gasteiger partial charge < -0.3 is 4.72 Å². The van der Waals surface area contributed by atoms with Gasteiger partial charge in [-0.3, -0.25) is 0 Å². The number of hydrogen-bond donors (Lipinski definition) is 0. The summed E-state index contributed by atoms with van der Waals surface area (Å²) in [5.74, 6) is 0.111. The van der Waals surface area contributed by atoms with E-state index in [0.717, 1.165) is 12.0 Å². The summed E-state index contributed by atoms with van der Waals surface area (Å²) in [6.45, 7) is 0. The molecular formula is C12H12NO2S-. The first-order chi connectivity index (χ1) is 7.68. The number of rotatable bonds is 0. The molecule has 3 nitrogen and oxygen atoms in total. The van der Waals surface area contributed by atoms with E-state index in [0.29, 0.717) is 11.3 Å². The predicted octanol–water partition coefficient (Wildman–Crippen LogP) is 2.42. The standard InChI is InChI=1S/C12H12NO2S/c14-16(15)12-8-4-2-6-10(12)9-5-1-3-7-11(9)13-16/h1-3,5-7,9,11H,4,8H2/q-1. The van der Waals surface area contributed by atoms with Gasteiger partial charge in [-0.25, -0.2) is 8.42 Å². The van der Waals surface area contributed by atoms with Crippen LogP contribution in [0.15, 0.2) is 46.9 Å². The van der Waals surface area contributed by atoms with Crippen LogP contribution < -0.4 is 0 Å². The quantitative estimate of drug-likeness (QED) is 0.646. The summed E-state index contributed by atoms with van der Waals surface area (Å²) in [5, 5.41) is 0. The van der Waals surface area contributed by atoms with Crippen molar-refractivity contribution in [2.24, 2.45) is 5.92 Å². The number of fused-ring (bicyclic) bond motifs is 2. The third-order valence-electron chi connectivity index (χ3n) is 3.19. The first kappa shape index (κ1) is 10.1. The highest BCUT2D eigenvalue weighted by Crippen LogP contribution is 2.42. The van der Waals surface area contributed by atoms with Crippen LogP contribution in [0.3, 0.4) is 0 Å². The van der Waals surface area contributed by atoms with Crippen molar-refractivity contribution in [3.63, 3.8) is 0 Å². The first-order valence-electron chi connectivity index (χ1n) is 5.40. The van der Waals surface area contributed by atoms with Crippen LogP contribution in [0.1, 0.15) is 12.8 Å². The van der Waals surface area contributed by atoms with Gasteiger partial charge in [-0.2, -0.15) is 0 Å². The summed E-state index contributed by atoms with van der Waals surface area (Å²) in [4.78, 5) is 0.524. The Morgan fingerprint density at radius 1 is 1.25 bits per heavy atom. The Balaban J connectivity index is 2.18. The molecule has 16 heavy (non-hydrogen) atoms. The SMILES string of the molecule is O=S1(=O)[N-]C2C=CC=CC2C2=C1CCC=C2. The summed E-state index contributed by atoms with van der Waals surface area (Å²) >= 11 is 0. The summed E-state index contributed by atoms with van der Waals surface area (Å²) in [7, 11) is -3.39. The third-order valence-corrected chi connectivity index (χ3v) is 4.78. The van der Waals surface area contributed by atoms with Gasteiger partial charge in [0.15, 0.2) is 0 Å². The Kier molecular flexibility index (Phi) is 2.16. The summed E-state index contributed by atoms with van der Waals surface area (Å²) in [6, 6.07) is -0.239. The van der Waals surface area contributed by atoms with Crippen LogP contribution in [0.2, 0.25) is 0 Å². The fourth-order valence-electron chi connectivity index (χ4n) is 2.44. The molecule has 1 heterocycles. The van der Waals surface area contributed by atoms with Crippen molar-refractivity contribution in [1.29, 1.82) is 0 Å². The minimum atomic E-state index is -3.39. The summed E-state index contributed by atoms with van der Waals surface area (Å²) in [5.41, 5.74) is 0.937. The van der Waals surface area contributed by atoms with Crippen molar-refractivity contribution in [2.45, 2.75) is 18.9 Å². The Morgan fingerprint density at radius 2 is 2.06 bits per heavy atom. The Bertz CT molecular complexity index is 537. The van der Waals surface area contributed by atoms with Gasteiger partial charge in [0, 0.05) is 4.91 Å². The average molecular weight is 234 g/mol. The Morgan fingerprint density at radius 3 is 2.94 bits per heavy atom. The number of nitrogens with zero attached hydrogens (tertiary/aromatic N) is 1.